The average Bonchev–Trinajstić information content (AvgIpc) is 3.19. The van der Waals surface area contributed by atoms with Gasteiger partial charge in [0.05, 0.1) is 0 Å². The molecule has 3 aliphatic heterocycles. The zero-order valence-electron chi connectivity index (χ0n) is 15.9. The van der Waals surface area contributed by atoms with Crippen molar-refractivity contribution in [3.05, 3.63) is 74.9 Å². The first-order chi connectivity index (χ1) is 14.2. The van der Waals surface area contributed by atoms with Crippen molar-refractivity contribution in [1.29, 1.82) is 0 Å². The molecule has 0 N–H and O–H groups in total. The van der Waals surface area contributed by atoms with E-state index in [1.54, 1.807) is 0 Å². The van der Waals surface area contributed by atoms with Gasteiger partial charge in [0.1, 0.15) is 0 Å². The standard InChI is InChI=1S/C24H20BrNO3/c25-16-4-1-3-14(9-16)18-11-20-17-12-23-22(28-13-29-23)10-15(17)7-8-26(20)19-5-2-6-21(27)24(18)19/h1,3-4,9-12,18H,2,5-8,13H2/t18-/m0/s1. The minimum absolute atomic E-state index is 0.0158. The van der Waals surface area contributed by atoms with Crippen LogP contribution in [0.5, 0.6) is 11.5 Å². The summed E-state index contributed by atoms with van der Waals surface area (Å²) in [6, 6.07) is 12.6. The molecular weight excluding hydrogens is 430 g/mol. The first-order valence-electron chi connectivity index (χ1n) is 10.1. The van der Waals surface area contributed by atoms with Gasteiger partial charge in [-0.25, -0.2) is 0 Å². The van der Waals surface area contributed by atoms with E-state index < -0.39 is 0 Å². The third-order valence-electron chi connectivity index (χ3n) is 6.37. The summed E-state index contributed by atoms with van der Waals surface area (Å²) in [4.78, 5) is 15.4. The zero-order valence-corrected chi connectivity index (χ0v) is 17.5. The molecule has 146 valence electrons. The SMILES string of the molecule is O=C1CCCC2=C1[C@H](c1cccc(Br)c1)C=C1c3cc4c(cc3CCN12)OCO4. The van der Waals surface area contributed by atoms with Gasteiger partial charge in [-0.3, -0.25) is 4.79 Å². The summed E-state index contributed by atoms with van der Waals surface area (Å²) in [5, 5.41) is 0. The second kappa shape index (κ2) is 6.49. The number of ether oxygens (including phenoxy) is 2. The normalized spacial score (nSPS) is 22.1. The molecule has 2 aromatic rings. The average molecular weight is 450 g/mol. The van der Waals surface area contributed by atoms with Crippen molar-refractivity contribution in [1.82, 2.24) is 4.90 Å². The molecule has 4 aliphatic rings. The number of hydrogen-bond donors (Lipinski definition) is 0. The molecule has 29 heavy (non-hydrogen) atoms. The highest BCUT2D eigenvalue weighted by atomic mass is 79.9. The summed E-state index contributed by atoms with van der Waals surface area (Å²) in [6.45, 7) is 1.18. The van der Waals surface area contributed by atoms with Gasteiger partial charge in [0.2, 0.25) is 6.79 Å². The highest BCUT2D eigenvalue weighted by Crippen LogP contribution is 2.48. The second-order valence-electron chi connectivity index (χ2n) is 7.99. The van der Waals surface area contributed by atoms with Gasteiger partial charge in [-0.15, -0.1) is 0 Å². The van der Waals surface area contributed by atoms with Crippen molar-refractivity contribution in [2.24, 2.45) is 0 Å². The third-order valence-corrected chi connectivity index (χ3v) is 6.86. The number of nitrogens with zero attached hydrogens (tertiary/aromatic N) is 1. The summed E-state index contributed by atoms with van der Waals surface area (Å²) in [5.41, 5.74) is 7.04. The van der Waals surface area contributed by atoms with Crippen LogP contribution in [-0.4, -0.2) is 24.0 Å². The fraction of sp³-hybridized carbons (Fsp3) is 0.292. The van der Waals surface area contributed by atoms with Crippen LogP contribution in [0.15, 0.2) is 58.2 Å². The van der Waals surface area contributed by atoms with Crippen molar-refractivity contribution in [2.75, 3.05) is 13.3 Å². The smallest absolute Gasteiger partial charge is 0.231 e. The quantitative estimate of drug-likeness (QED) is 0.600. The first kappa shape index (κ1) is 17.3. The van der Waals surface area contributed by atoms with E-state index in [1.807, 2.05) is 12.1 Å². The lowest BCUT2D eigenvalue weighted by Gasteiger charge is -2.42. The molecule has 0 spiro atoms. The van der Waals surface area contributed by atoms with Gasteiger partial charge in [0.25, 0.3) is 0 Å². The lowest BCUT2D eigenvalue weighted by Crippen LogP contribution is -2.36. The second-order valence-corrected chi connectivity index (χ2v) is 8.90. The number of hydrogen-bond acceptors (Lipinski definition) is 4. The predicted molar refractivity (Wildman–Crippen MR) is 114 cm³/mol. The Balaban J connectivity index is 1.55. The van der Waals surface area contributed by atoms with Crippen LogP contribution in [0.3, 0.4) is 0 Å². The van der Waals surface area contributed by atoms with Crippen LogP contribution in [0, 0.1) is 0 Å². The van der Waals surface area contributed by atoms with Crippen molar-refractivity contribution in [3.63, 3.8) is 0 Å². The number of ketones is 1. The fourth-order valence-electron chi connectivity index (χ4n) is 5.07. The minimum Gasteiger partial charge on any atom is -0.454 e. The van der Waals surface area contributed by atoms with Gasteiger partial charge in [-0.2, -0.15) is 0 Å². The molecule has 4 nitrogen and oxygen atoms in total. The van der Waals surface area contributed by atoms with E-state index in [0.717, 1.165) is 52.9 Å². The Morgan fingerprint density at radius 1 is 1.03 bits per heavy atom. The summed E-state index contributed by atoms with van der Waals surface area (Å²) in [7, 11) is 0. The molecule has 1 aliphatic carbocycles. The van der Waals surface area contributed by atoms with E-state index in [-0.39, 0.29) is 12.7 Å². The number of carbonyl (C=O) groups excluding carboxylic acids is 1. The van der Waals surface area contributed by atoms with Crippen LogP contribution in [0.4, 0.5) is 0 Å². The Morgan fingerprint density at radius 3 is 2.76 bits per heavy atom. The number of halogens is 1. The van der Waals surface area contributed by atoms with E-state index in [9.17, 15) is 4.79 Å². The molecule has 0 aromatic heterocycles. The first-order valence-corrected chi connectivity index (χ1v) is 10.9. The van der Waals surface area contributed by atoms with Crippen molar-refractivity contribution in [2.45, 2.75) is 31.6 Å². The molecule has 0 bridgehead atoms. The molecule has 1 atom stereocenters. The third kappa shape index (κ3) is 2.67. The van der Waals surface area contributed by atoms with Crippen LogP contribution in [0.1, 0.15) is 41.9 Å². The molecule has 3 heterocycles. The molecule has 0 fully saturated rings. The number of carbonyl (C=O) groups is 1. The van der Waals surface area contributed by atoms with E-state index in [1.165, 1.54) is 22.5 Å². The molecule has 6 rings (SSSR count). The molecule has 5 heteroatoms. The van der Waals surface area contributed by atoms with Gasteiger partial charge in [0, 0.05) is 45.9 Å². The molecule has 2 aromatic carbocycles. The maximum absolute atomic E-state index is 13.0. The van der Waals surface area contributed by atoms with E-state index in [4.69, 9.17) is 9.47 Å². The zero-order chi connectivity index (χ0) is 19.5. The molecule has 0 saturated carbocycles. The number of Topliss-reactive ketones (excluding diaryl/α,β-unsaturated/α-hetero) is 1. The van der Waals surface area contributed by atoms with Gasteiger partial charge in [-0.05, 0) is 60.7 Å². The summed E-state index contributed by atoms with van der Waals surface area (Å²) < 4.78 is 12.3. The van der Waals surface area contributed by atoms with Crippen LogP contribution >= 0.6 is 15.9 Å². The van der Waals surface area contributed by atoms with Gasteiger partial charge in [0.15, 0.2) is 17.3 Å². The number of rotatable bonds is 1. The highest BCUT2D eigenvalue weighted by Gasteiger charge is 2.38. The Morgan fingerprint density at radius 2 is 1.90 bits per heavy atom. The van der Waals surface area contributed by atoms with Crippen LogP contribution in [0.2, 0.25) is 0 Å². The van der Waals surface area contributed by atoms with Crippen molar-refractivity contribution < 1.29 is 14.3 Å². The van der Waals surface area contributed by atoms with Crippen LogP contribution in [-0.2, 0) is 11.2 Å². The van der Waals surface area contributed by atoms with Gasteiger partial charge in [-0.1, -0.05) is 28.1 Å². The minimum atomic E-state index is -0.0158. The maximum atomic E-state index is 13.0. The molecule has 0 saturated heterocycles. The Hall–Kier alpha value is -2.53. The van der Waals surface area contributed by atoms with Crippen molar-refractivity contribution >= 4 is 27.4 Å². The fourth-order valence-corrected chi connectivity index (χ4v) is 5.49. The topological polar surface area (TPSA) is 38.8 Å². The van der Waals surface area contributed by atoms with Gasteiger partial charge < -0.3 is 14.4 Å². The van der Waals surface area contributed by atoms with Crippen LogP contribution in [0.25, 0.3) is 5.70 Å². The lowest BCUT2D eigenvalue weighted by molar-refractivity contribution is -0.116. The largest absolute Gasteiger partial charge is 0.454 e. The number of allylic oxidation sites excluding steroid dienone is 3. The number of fused-ring (bicyclic) bond motifs is 5. The Labute approximate surface area is 177 Å². The Kier molecular flexibility index (Phi) is 3.88. The molecule has 0 unspecified atom stereocenters. The summed E-state index contributed by atoms with van der Waals surface area (Å²) >= 11 is 3.60. The predicted octanol–water partition coefficient (Wildman–Crippen LogP) is 5.18. The Bertz CT molecular complexity index is 1120. The van der Waals surface area contributed by atoms with E-state index >= 15 is 0 Å². The summed E-state index contributed by atoms with van der Waals surface area (Å²) in [5.74, 6) is 1.93. The van der Waals surface area contributed by atoms with Gasteiger partial charge >= 0.3 is 0 Å². The summed E-state index contributed by atoms with van der Waals surface area (Å²) in [6.07, 6.45) is 5.76. The van der Waals surface area contributed by atoms with Crippen molar-refractivity contribution in [3.8, 4) is 11.5 Å². The number of benzene rings is 2. The van der Waals surface area contributed by atoms with E-state index in [2.05, 4.69) is 51.2 Å². The van der Waals surface area contributed by atoms with E-state index in [0.29, 0.717) is 12.2 Å². The highest BCUT2D eigenvalue weighted by molar-refractivity contribution is 9.10. The molecular formula is C24H20BrNO3. The van der Waals surface area contributed by atoms with Crippen LogP contribution < -0.4 is 9.47 Å². The maximum Gasteiger partial charge on any atom is 0.231 e. The lowest BCUT2D eigenvalue weighted by atomic mass is 9.77. The monoisotopic (exact) mass is 449 g/mol. The molecule has 0 radical (unpaired) electrons. The molecule has 0 amide bonds.